The molecule has 0 radical (unpaired) electrons. The lowest BCUT2D eigenvalue weighted by Gasteiger charge is -2.17. The predicted octanol–water partition coefficient (Wildman–Crippen LogP) is 3.21. The van der Waals surface area contributed by atoms with Crippen molar-refractivity contribution in [1.82, 2.24) is 10.3 Å². The van der Waals surface area contributed by atoms with Crippen LogP contribution in [-0.2, 0) is 11.3 Å². The molecule has 0 aliphatic rings. The highest BCUT2D eigenvalue weighted by molar-refractivity contribution is 6.30. The summed E-state index contributed by atoms with van der Waals surface area (Å²) in [6.07, 6.45) is 3.43. The zero-order valence-corrected chi connectivity index (χ0v) is 12.5. The van der Waals surface area contributed by atoms with E-state index in [1.54, 1.807) is 36.7 Å². The molecule has 21 heavy (non-hydrogen) atoms. The van der Waals surface area contributed by atoms with Crippen LogP contribution >= 0.6 is 11.6 Å². The fourth-order valence-electron chi connectivity index (χ4n) is 1.83. The zero-order valence-electron chi connectivity index (χ0n) is 11.8. The number of hydrogen-bond acceptors (Lipinski definition) is 3. The van der Waals surface area contributed by atoms with E-state index in [1.165, 1.54) is 0 Å². The predicted molar refractivity (Wildman–Crippen MR) is 82.2 cm³/mol. The number of carbonyl (C=O) groups is 1. The molecule has 2 rings (SSSR count). The summed E-state index contributed by atoms with van der Waals surface area (Å²) in [4.78, 5) is 16.1. The van der Waals surface area contributed by atoms with Crippen LogP contribution in [0.4, 0.5) is 0 Å². The Kier molecular flexibility index (Phi) is 5.58. The van der Waals surface area contributed by atoms with Crippen molar-refractivity contribution < 1.29 is 9.53 Å². The summed E-state index contributed by atoms with van der Waals surface area (Å²) < 4.78 is 5.69. The molecular formula is C16H17ClN2O2. The Bertz CT molecular complexity index is 590. The second kappa shape index (κ2) is 7.64. The van der Waals surface area contributed by atoms with Crippen molar-refractivity contribution in [1.29, 1.82) is 0 Å². The quantitative estimate of drug-likeness (QED) is 0.891. The Labute approximate surface area is 129 Å². The van der Waals surface area contributed by atoms with Crippen LogP contribution in [-0.4, -0.2) is 17.0 Å². The maximum Gasteiger partial charge on any atom is 0.261 e. The first-order valence-electron chi connectivity index (χ1n) is 6.78. The fourth-order valence-corrected chi connectivity index (χ4v) is 2.01. The molecule has 110 valence electrons. The molecule has 0 bridgehead atoms. The summed E-state index contributed by atoms with van der Waals surface area (Å²) in [6, 6.07) is 10.8. The van der Waals surface area contributed by atoms with E-state index in [0.717, 1.165) is 5.56 Å². The summed E-state index contributed by atoms with van der Waals surface area (Å²) in [7, 11) is 0. The number of nitrogens with zero attached hydrogens (tertiary/aromatic N) is 1. The number of hydrogen-bond donors (Lipinski definition) is 1. The molecule has 0 aliphatic heterocycles. The van der Waals surface area contributed by atoms with E-state index < -0.39 is 6.10 Å². The van der Waals surface area contributed by atoms with E-state index in [4.69, 9.17) is 16.3 Å². The molecule has 0 spiro atoms. The van der Waals surface area contributed by atoms with E-state index in [1.807, 2.05) is 19.1 Å². The van der Waals surface area contributed by atoms with Gasteiger partial charge in [0.25, 0.3) is 5.91 Å². The van der Waals surface area contributed by atoms with Crippen molar-refractivity contribution >= 4 is 17.5 Å². The molecule has 0 aliphatic carbocycles. The maximum absolute atomic E-state index is 12.2. The van der Waals surface area contributed by atoms with Crippen LogP contribution in [0.5, 0.6) is 5.75 Å². The fraction of sp³-hybridized carbons (Fsp3) is 0.250. The van der Waals surface area contributed by atoms with Gasteiger partial charge in [-0.15, -0.1) is 0 Å². The van der Waals surface area contributed by atoms with Gasteiger partial charge in [0.05, 0.1) is 0 Å². The molecule has 0 fully saturated rings. The maximum atomic E-state index is 12.2. The molecule has 5 heteroatoms. The van der Waals surface area contributed by atoms with E-state index in [0.29, 0.717) is 23.7 Å². The van der Waals surface area contributed by atoms with Crippen LogP contribution in [0, 0.1) is 0 Å². The molecule has 1 N–H and O–H groups in total. The standard InChI is InChI=1S/C16H17ClN2O2/c1-2-15(21-14-5-3-4-13(17)10-14)16(20)19-11-12-6-8-18-9-7-12/h3-10,15H,2,11H2,1H3,(H,19,20). The van der Waals surface area contributed by atoms with Crippen molar-refractivity contribution in [2.24, 2.45) is 0 Å². The van der Waals surface area contributed by atoms with Crippen molar-refractivity contribution in [3.05, 3.63) is 59.4 Å². The van der Waals surface area contributed by atoms with Crippen LogP contribution in [0.3, 0.4) is 0 Å². The van der Waals surface area contributed by atoms with Gasteiger partial charge >= 0.3 is 0 Å². The second-order valence-electron chi connectivity index (χ2n) is 4.55. The molecule has 2 aromatic rings. The largest absolute Gasteiger partial charge is 0.481 e. The summed E-state index contributed by atoms with van der Waals surface area (Å²) in [5, 5.41) is 3.44. The Morgan fingerprint density at radius 2 is 2.10 bits per heavy atom. The van der Waals surface area contributed by atoms with Crippen molar-refractivity contribution in [2.75, 3.05) is 0 Å². The van der Waals surface area contributed by atoms with Gasteiger partial charge in [0, 0.05) is 24.0 Å². The number of ether oxygens (including phenoxy) is 1. The van der Waals surface area contributed by atoms with Gasteiger partial charge in [-0.1, -0.05) is 24.6 Å². The van der Waals surface area contributed by atoms with Crippen LogP contribution in [0.1, 0.15) is 18.9 Å². The van der Waals surface area contributed by atoms with Gasteiger partial charge in [-0.25, -0.2) is 0 Å². The van der Waals surface area contributed by atoms with E-state index in [2.05, 4.69) is 10.3 Å². The number of halogens is 1. The highest BCUT2D eigenvalue weighted by Crippen LogP contribution is 2.19. The minimum atomic E-state index is -0.537. The first-order valence-corrected chi connectivity index (χ1v) is 7.15. The molecule has 1 aromatic carbocycles. The number of benzene rings is 1. The third kappa shape index (κ3) is 4.76. The molecule has 1 unspecified atom stereocenters. The first kappa shape index (κ1) is 15.3. The summed E-state index contributed by atoms with van der Waals surface area (Å²) in [5.41, 5.74) is 0.996. The second-order valence-corrected chi connectivity index (χ2v) is 4.98. The lowest BCUT2D eigenvalue weighted by molar-refractivity contribution is -0.128. The smallest absolute Gasteiger partial charge is 0.261 e. The highest BCUT2D eigenvalue weighted by Gasteiger charge is 2.18. The van der Waals surface area contributed by atoms with Gasteiger partial charge in [0.1, 0.15) is 5.75 Å². The number of carbonyl (C=O) groups excluding carboxylic acids is 1. The van der Waals surface area contributed by atoms with Gasteiger partial charge in [-0.3, -0.25) is 9.78 Å². The van der Waals surface area contributed by atoms with Gasteiger partial charge in [0.2, 0.25) is 0 Å². The normalized spacial score (nSPS) is 11.7. The number of pyridine rings is 1. The molecular weight excluding hydrogens is 288 g/mol. The Balaban J connectivity index is 1.92. The summed E-state index contributed by atoms with van der Waals surface area (Å²) in [6.45, 7) is 2.36. The molecule has 1 aromatic heterocycles. The van der Waals surface area contributed by atoms with E-state index >= 15 is 0 Å². The molecule has 0 saturated carbocycles. The number of nitrogens with one attached hydrogen (secondary N) is 1. The van der Waals surface area contributed by atoms with Crippen LogP contribution in [0.15, 0.2) is 48.8 Å². The molecule has 1 heterocycles. The van der Waals surface area contributed by atoms with Crippen molar-refractivity contribution in [2.45, 2.75) is 26.0 Å². The van der Waals surface area contributed by atoms with Gasteiger partial charge in [-0.2, -0.15) is 0 Å². The zero-order chi connectivity index (χ0) is 15.1. The van der Waals surface area contributed by atoms with Crippen molar-refractivity contribution in [3.63, 3.8) is 0 Å². The summed E-state index contributed by atoms with van der Waals surface area (Å²) >= 11 is 5.91. The summed E-state index contributed by atoms with van der Waals surface area (Å²) in [5.74, 6) is 0.447. The number of amides is 1. The van der Waals surface area contributed by atoms with Gasteiger partial charge in [-0.05, 0) is 42.3 Å². The number of rotatable bonds is 6. The Morgan fingerprint density at radius 3 is 2.76 bits per heavy atom. The third-order valence-corrected chi connectivity index (χ3v) is 3.19. The molecule has 4 nitrogen and oxygen atoms in total. The Hall–Kier alpha value is -2.07. The molecule has 1 amide bonds. The minimum absolute atomic E-state index is 0.144. The average Bonchev–Trinajstić information content (AvgIpc) is 2.51. The third-order valence-electron chi connectivity index (χ3n) is 2.95. The van der Waals surface area contributed by atoms with Gasteiger partial charge < -0.3 is 10.1 Å². The topological polar surface area (TPSA) is 51.2 Å². The van der Waals surface area contributed by atoms with Crippen molar-refractivity contribution in [3.8, 4) is 5.75 Å². The molecule has 0 saturated heterocycles. The van der Waals surface area contributed by atoms with Crippen LogP contribution in [0.2, 0.25) is 5.02 Å². The highest BCUT2D eigenvalue weighted by atomic mass is 35.5. The minimum Gasteiger partial charge on any atom is -0.481 e. The first-order chi connectivity index (χ1) is 10.2. The van der Waals surface area contributed by atoms with Crippen LogP contribution < -0.4 is 10.1 Å². The van der Waals surface area contributed by atoms with E-state index in [-0.39, 0.29) is 5.91 Å². The van der Waals surface area contributed by atoms with Crippen LogP contribution in [0.25, 0.3) is 0 Å². The van der Waals surface area contributed by atoms with Gasteiger partial charge in [0.15, 0.2) is 6.10 Å². The lowest BCUT2D eigenvalue weighted by atomic mass is 10.2. The Morgan fingerprint density at radius 1 is 1.33 bits per heavy atom. The average molecular weight is 305 g/mol. The monoisotopic (exact) mass is 304 g/mol. The lowest BCUT2D eigenvalue weighted by Crippen LogP contribution is -2.37. The SMILES string of the molecule is CCC(Oc1cccc(Cl)c1)C(=O)NCc1ccncc1. The molecule has 1 atom stereocenters. The number of aromatic nitrogens is 1. The van der Waals surface area contributed by atoms with E-state index in [9.17, 15) is 4.79 Å².